The minimum absolute atomic E-state index is 0.117. The number of piperidine rings is 1. The second-order valence-electron chi connectivity index (χ2n) is 6.79. The van der Waals surface area contributed by atoms with E-state index in [-0.39, 0.29) is 22.5 Å². The van der Waals surface area contributed by atoms with Crippen molar-refractivity contribution in [2.24, 2.45) is 11.7 Å². The summed E-state index contributed by atoms with van der Waals surface area (Å²) in [6.07, 6.45) is 1.76. The van der Waals surface area contributed by atoms with Gasteiger partial charge in [0.1, 0.15) is 5.82 Å². The van der Waals surface area contributed by atoms with Gasteiger partial charge in [0.05, 0.1) is 16.6 Å². The predicted octanol–water partition coefficient (Wildman–Crippen LogP) is 3.50. The molecule has 0 bridgehead atoms. The third-order valence-corrected chi connectivity index (χ3v) is 5.08. The summed E-state index contributed by atoms with van der Waals surface area (Å²) in [5.74, 6) is -0.852. The lowest BCUT2D eigenvalue weighted by atomic mass is 9.97. The van der Waals surface area contributed by atoms with Crippen molar-refractivity contribution in [1.29, 1.82) is 0 Å². The van der Waals surface area contributed by atoms with Gasteiger partial charge < -0.3 is 21.3 Å². The van der Waals surface area contributed by atoms with Gasteiger partial charge >= 0.3 is 6.03 Å². The molecule has 8 heteroatoms. The number of urea groups is 1. The van der Waals surface area contributed by atoms with Crippen LogP contribution >= 0.6 is 11.6 Å². The van der Waals surface area contributed by atoms with E-state index in [1.807, 2.05) is 24.3 Å². The summed E-state index contributed by atoms with van der Waals surface area (Å²) in [6.45, 7) is 1.82. The molecule has 2 aromatic rings. The van der Waals surface area contributed by atoms with Crippen LogP contribution in [0.25, 0.3) is 0 Å². The van der Waals surface area contributed by atoms with Crippen LogP contribution in [0.15, 0.2) is 42.5 Å². The fraction of sp³-hybridized carbons (Fsp3) is 0.300. The Kier molecular flexibility index (Phi) is 6.36. The molecule has 3 rings (SSSR count). The molecule has 1 heterocycles. The van der Waals surface area contributed by atoms with Crippen molar-refractivity contribution in [3.63, 3.8) is 0 Å². The van der Waals surface area contributed by atoms with Crippen LogP contribution in [0.2, 0.25) is 5.02 Å². The molecule has 2 aromatic carbocycles. The van der Waals surface area contributed by atoms with Gasteiger partial charge in [-0.15, -0.1) is 0 Å². The smallest absolute Gasteiger partial charge is 0.319 e. The summed E-state index contributed by atoms with van der Waals surface area (Å²) in [7, 11) is 0. The van der Waals surface area contributed by atoms with E-state index in [2.05, 4.69) is 15.5 Å². The molecule has 148 valence electrons. The Hall–Kier alpha value is -2.80. The van der Waals surface area contributed by atoms with E-state index in [0.717, 1.165) is 36.7 Å². The minimum Gasteiger partial charge on any atom is -0.371 e. The highest BCUT2D eigenvalue weighted by Gasteiger charge is 2.24. The molecule has 0 aromatic heterocycles. The molecule has 3 amide bonds. The number of hydrogen-bond acceptors (Lipinski definition) is 3. The van der Waals surface area contributed by atoms with Gasteiger partial charge in [0.2, 0.25) is 5.91 Å². The fourth-order valence-corrected chi connectivity index (χ4v) is 3.38. The SMILES string of the molecule is NC(=O)C1CCCN(c2ccc(CNC(=O)Nc3cc(F)ccc3Cl)cc2)C1. The molecular weight excluding hydrogens is 383 g/mol. The highest BCUT2D eigenvalue weighted by Crippen LogP contribution is 2.24. The second-order valence-corrected chi connectivity index (χ2v) is 7.19. The molecule has 1 fully saturated rings. The van der Waals surface area contributed by atoms with Crippen LogP contribution in [-0.2, 0) is 11.3 Å². The second kappa shape index (κ2) is 8.93. The number of nitrogens with zero attached hydrogens (tertiary/aromatic N) is 1. The number of carbonyl (C=O) groups excluding carboxylic acids is 2. The first-order chi connectivity index (χ1) is 13.4. The van der Waals surface area contributed by atoms with E-state index in [4.69, 9.17) is 17.3 Å². The van der Waals surface area contributed by atoms with Crippen molar-refractivity contribution in [2.75, 3.05) is 23.3 Å². The molecule has 0 radical (unpaired) electrons. The van der Waals surface area contributed by atoms with Gasteiger partial charge in [-0.05, 0) is 48.7 Å². The van der Waals surface area contributed by atoms with E-state index >= 15 is 0 Å². The summed E-state index contributed by atoms with van der Waals surface area (Å²) in [4.78, 5) is 25.6. The molecule has 1 aliphatic rings. The van der Waals surface area contributed by atoms with Crippen LogP contribution in [0.1, 0.15) is 18.4 Å². The van der Waals surface area contributed by atoms with Gasteiger partial charge in [-0.2, -0.15) is 0 Å². The molecular formula is C20H22ClFN4O2. The molecule has 6 nitrogen and oxygen atoms in total. The first-order valence-electron chi connectivity index (χ1n) is 9.05. The van der Waals surface area contributed by atoms with Crippen LogP contribution in [0, 0.1) is 11.7 Å². The van der Waals surface area contributed by atoms with E-state index in [0.29, 0.717) is 13.1 Å². The Morgan fingerprint density at radius 1 is 1.21 bits per heavy atom. The van der Waals surface area contributed by atoms with Gasteiger partial charge in [0.15, 0.2) is 0 Å². The summed E-state index contributed by atoms with van der Waals surface area (Å²) < 4.78 is 13.2. The highest BCUT2D eigenvalue weighted by molar-refractivity contribution is 6.33. The first-order valence-corrected chi connectivity index (χ1v) is 9.43. The maximum Gasteiger partial charge on any atom is 0.319 e. The number of nitrogens with two attached hydrogens (primary N) is 1. The Labute approximate surface area is 167 Å². The van der Waals surface area contributed by atoms with Gasteiger partial charge in [-0.25, -0.2) is 9.18 Å². The molecule has 0 spiro atoms. The van der Waals surface area contributed by atoms with Crippen LogP contribution < -0.4 is 21.3 Å². The molecule has 1 atom stereocenters. The molecule has 28 heavy (non-hydrogen) atoms. The van der Waals surface area contributed by atoms with Gasteiger partial charge in [-0.3, -0.25) is 4.79 Å². The van der Waals surface area contributed by atoms with Crippen molar-refractivity contribution in [3.05, 3.63) is 58.9 Å². The van der Waals surface area contributed by atoms with Gasteiger partial charge in [0, 0.05) is 25.3 Å². The number of nitrogens with one attached hydrogen (secondary N) is 2. The molecule has 1 unspecified atom stereocenters. The van der Waals surface area contributed by atoms with Crippen molar-refractivity contribution in [1.82, 2.24) is 5.32 Å². The number of carbonyl (C=O) groups is 2. The van der Waals surface area contributed by atoms with Crippen molar-refractivity contribution < 1.29 is 14.0 Å². The molecule has 1 saturated heterocycles. The number of rotatable bonds is 5. The van der Waals surface area contributed by atoms with E-state index in [1.54, 1.807) is 0 Å². The zero-order valence-electron chi connectivity index (χ0n) is 15.3. The van der Waals surface area contributed by atoms with Crippen molar-refractivity contribution >= 4 is 34.9 Å². The topological polar surface area (TPSA) is 87.5 Å². The Balaban J connectivity index is 1.53. The summed E-state index contributed by atoms with van der Waals surface area (Å²) in [6, 6.07) is 11.0. The van der Waals surface area contributed by atoms with Crippen LogP contribution in [0.4, 0.5) is 20.6 Å². The number of halogens is 2. The molecule has 4 N–H and O–H groups in total. The molecule has 1 aliphatic heterocycles. The fourth-order valence-electron chi connectivity index (χ4n) is 3.21. The van der Waals surface area contributed by atoms with E-state index in [9.17, 15) is 14.0 Å². The monoisotopic (exact) mass is 404 g/mol. The normalized spacial score (nSPS) is 16.5. The Bertz CT molecular complexity index is 860. The number of amides is 3. The minimum atomic E-state index is -0.480. The quantitative estimate of drug-likeness (QED) is 0.712. The Morgan fingerprint density at radius 3 is 2.68 bits per heavy atom. The summed E-state index contributed by atoms with van der Waals surface area (Å²) in [5, 5.41) is 5.50. The zero-order valence-corrected chi connectivity index (χ0v) is 16.0. The van der Waals surface area contributed by atoms with Crippen molar-refractivity contribution in [2.45, 2.75) is 19.4 Å². The average molecular weight is 405 g/mol. The van der Waals surface area contributed by atoms with Crippen LogP contribution in [0.5, 0.6) is 0 Å². The third-order valence-electron chi connectivity index (χ3n) is 4.75. The Morgan fingerprint density at radius 2 is 1.96 bits per heavy atom. The van der Waals surface area contributed by atoms with Crippen LogP contribution in [0.3, 0.4) is 0 Å². The zero-order chi connectivity index (χ0) is 20.1. The lowest BCUT2D eigenvalue weighted by Gasteiger charge is -2.33. The number of primary amides is 1. The maximum atomic E-state index is 13.2. The maximum absolute atomic E-state index is 13.2. The first kappa shape index (κ1) is 19.9. The lowest BCUT2D eigenvalue weighted by molar-refractivity contribution is -0.122. The summed E-state index contributed by atoms with van der Waals surface area (Å²) >= 11 is 5.94. The molecule has 0 aliphatic carbocycles. The van der Waals surface area contributed by atoms with E-state index in [1.165, 1.54) is 12.1 Å². The number of anilines is 2. The number of benzene rings is 2. The third kappa shape index (κ3) is 5.13. The van der Waals surface area contributed by atoms with Gasteiger partial charge in [-0.1, -0.05) is 23.7 Å². The number of hydrogen-bond donors (Lipinski definition) is 3. The predicted molar refractivity (Wildman–Crippen MR) is 108 cm³/mol. The largest absolute Gasteiger partial charge is 0.371 e. The van der Waals surface area contributed by atoms with Gasteiger partial charge in [0.25, 0.3) is 0 Å². The summed E-state index contributed by atoms with van der Waals surface area (Å²) in [5.41, 5.74) is 7.57. The van der Waals surface area contributed by atoms with Crippen LogP contribution in [-0.4, -0.2) is 25.0 Å². The lowest BCUT2D eigenvalue weighted by Crippen LogP contribution is -2.41. The van der Waals surface area contributed by atoms with E-state index < -0.39 is 11.8 Å². The van der Waals surface area contributed by atoms with Crippen molar-refractivity contribution in [3.8, 4) is 0 Å². The standard InChI is InChI=1S/C20H22ClFN4O2/c21-17-8-5-15(22)10-18(17)25-20(28)24-11-13-3-6-16(7-4-13)26-9-1-2-14(12-26)19(23)27/h3-8,10,14H,1-2,9,11-12H2,(H2,23,27)(H2,24,25,28). The highest BCUT2D eigenvalue weighted by atomic mass is 35.5. The molecule has 0 saturated carbocycles. The average Bonchev–Trinajstić information content (AvgIpc) is 2.69.